The van der Waals surface area contributed by atoms with Gasteiger partial charge in [0.1, 0.15) is 18.1 Å². The fourth-order valence-corrected chi connectivity index (χ4v) is 1.77. The molecule has 1 aromatic heterocycles. The van der Waals surface area contributed by atoms with E-state index in [0.29, 0.717) is 6.61 Å². The van der Waals surface area contributed by atoms with Gasteiger partial charge in [-0.25, -0.2) is 0 Å². The molecule has 1 unspecified atom stereocenters. The van der Waals surface area contributed by atoms with E-state index >= 15 is 0 Å². The van der Waals surface area contributed by atoms with Crippen LogP contribution < -0.4 is 10.5 Å². The van der Waals surface area contributed by atoms with Gasteiger partial charge >= 0.3 is 0 Å². The highest BCUT2D eigenvalue weighted by molar-refractivity contribution is 5.27. The Morgan fingerprint density at radius 2 is 2.05 bits per heavy atom. The Bertz CT molecular complexity index is 504. The predicted octanol–water partition coefficient (Wildman–Crippen LogP) is 1.67. The molecule has 19 heavy (non-hydrogen) atoms. The second-order valence-corrected chi connectivity index (χ2v) is 4.83. The second kappa shape index (κ2) is 6.33. The molecule has 2 aromatic rings. The molecular weight excluding hydrogens is 240 g/mol. The number of nitrogens with zero attached hydrogens (tertiary/aromatic N) is 3. The van der Waals surface area contributed by atoms with Crippen LogP contribution in [0.25, 0.3) is 0 Å². The van der Waals surface area contributed by atoms with Crippen molar-refractivity contribution in [3.63, 3.8) is 0 Å². The number of ether oxygens (including phenoxy) is 1. The van der Waals surface area contributed by atoms with Gasteiger partial charge < -0.3 is 10.5 Å². The summed E-state index contributed by atoms with van der Waals surface area (Å²) >= 11 is 0. The molecule has 102 valence electrons. The summed E-state index contributed by atoms with van der Waals surface area (Å²) in [4.78, 5) is 0. The van der Waals surface area contributed by atoms with Crippen LogP contribution in [0.5, 0.6) is 5.75 Å². The number of benzene rings is 1. The van der Waals surface area contributed by atoms with E-state index in [-0.39, 0.29) is 6.04 Å². The highest BCUT2D eigenvalue weighted by Crippen LogP contribution is 2.15. The van der Waals surface area contributed by atoms with E-state index in [1.54, 1.807) is 4.68 Å². The van der Waals surface area contributed by atoms with E-state index in [4.69, 9.17) is 10.5 Å². The minimum absolute atomic E-state index is 0.243. The highest BCUT2D eigenvalue weighted by atomic mass is 16.5. The monoisotopic (exact) mass is 260 g/mol. The molecule has 0 aliphatic carbocycles. The number of hydrogen-bond donors (Lipinski definition) is 1. The van der Waals surface area contributed by atoms with E-state index < -0.39 is 0 Å². The van der Waals surface area contributed by atoms with E-state index in [9.17, 15) is 0 Å². The molecule has 0 aliphatic heterocycles. The van der Waals surface area contributed by atoms with Gasteiger partial charge in [-0.3, -0.25) is 4.68 Å². The Hall–Kier alpha value is -1.88. The summed E-state index contributed by atoms with van der Waals surface area (Å²) in [5, 5.41) is 7.83. The highest BCUT2D eigenvalue weighted by Gasteiger charge is 2.01. The van der Waals surface area contributed by atoms with Crippen molar-refractivity contribution in [2.45, 2.75) is 32.4 Å². The van der Waals surface area contributed by atoms with Crippen LogP contribution in [0.15, 0.2) is 30.5 Å². The lowest BCUT2D eigenvalue weighted by atomic mass is 10.1. The molecular formula is C14H20N4O. The Morgan fingerprint density at radius 3 is 2.63 bits per heavy atom. The summed E-state index contributed by atoms with van der Waals surface area (Å²) < 4.78 is 7.31. The van der Waals surface area contributed by atoms with Crippen molar-refractivity contribution in [1.29, 1.82) is 0 Å². The summed E-state index contributed by atoms with van der Waals surface area (Å²) in [6.07, 6.45) is 3.85. The molecule has 5 heteroatoms. The third-order valence-corrected chi connectivity index (χ3v) is 2.85. The molecule has 0 fully saturated rings. The van der Waals surface area contributed by atoms with Gasteiger partial charge in [-0.1, -0.05) is 17.3 Å². The lowest BCUT2D eigenvalue weighted by molar-refractivity contribution is 0.301. The van der Waals surface area contributed by atoms with Crippen molar-refractivity contribution in [3.8, 4) is 5.75 Å². The van der Waals surface area contributed by atoms with Crippen molar-refractivity contribution in [2.24, 2.45) is 12.8 Å². The fourth-order valence-electron chi connectivity index (χ4n) is 1.77. The van der Waals surface area contributed by atoms with Crippen molar-refractivity contribution >= 4 is 0 Å². The fraction of sp³-hybridized carbons (Fsp3) is 0.429. The number of nitrogens with two attached hydrogens (primary N) is 1. The van der Waals surface area contributed by atoms with Crippen molar-refractivity contribution in [1.82, 2.24) is 15.0 Å². The summed E-state index contributed by atoms with van der Waals surface area (Å²) in [6.45, 7) is 2.46. The first-order valence-electron chi connectivity index (χ1n) is 6.46. The maximum atomic E-state index is 5.74. The van der Waals surface area contributed by atoms with Crippen LogP contribution in [0.2, 0.25) is 0 Å². The molecule has 1 aromatic carbocycles. The molecule has 2 N–H and O–H groups in total. The van der Waals surface area contributed by atoms with Crippen molar-refractivity contribution < 1.29 is 4.74 Å². The van der Waals surface area contributed by atoms with Gasteiger partial charge in [0.05, 0.1) is 6.20 Å². The van der Waals surface area contributed by atoms with E-state index in [0.717, 1.165) is 24.3 Å². The zero-order valence-electron chi connectivity index (χ0n) is 11.4. The topological polar surface area (TPSA) is 66.0 Å². The van der Waals surface area contributed by atoms with Gasteiger partial charge in [-0.05, 0) is 37.5 Å². The largest absolute Gasteiger partial charge is 0.487 e. The molecule has 0 saturated heterocycles. The summed E-state index contributed by atoms with van der Waals surface area (Å²) in [6, 6.07) is 8.36. The zero-order chi connectivity index (χ0) is 13.7. The molecule has 0 radical (unpaired) electrons. The Labute approximate surface area is 113 Å². The van der Waals surface area contributed by atoms with Crippen LogP contribution in [0.3, 0.4) is 0 Å². The van der Waals surface area contributed by atoms with Gasteiger partial charge in [0, 0.05) is 13.1 Å². The normalized spacial score (nSPS) is 12.4. The lowest BCUT2D eigenvalue weighted by Gasteiger charge is -2.07. The average Bonchev–Trinajstić information content (AvgIpc) is 2.81. The SMILES string of the molecule is CC(N)CCc1ccc(OCc2cn(C)nn2)cc1. The van der Waals surface area contributed by atoms with Crippen molar-refractivity contribution in [2.75, 3.05) is 0 Å². The van der Waals surface area contributed by atoms with Gasteiger partial charge in [0.25, 0.3) is 0 Å². The Balaban J connectivity index is 1.84. The molecule has 1 atom stereocenters. The standard InChI is InChI=1S/C14H20N4O/c1-11(15)3-4-12-5-7-14(8-6-12)19-10-13-9-18(2)17-16-13/h5-9,11H,3-4,10,15H2,1-2H3. The molecule has 0 amide bonds. The van der Waals surface area contributed by atoms with Gasteiger partial charge in [-0.15, -0.1) is 5.10 Å². The summed E-state index contributed by atoms with van der Waals surface area (Å²) in [5.41, 5.74) is 7.85. The van der Waals surface area contributed by atoms with E-state index in [2.05, 4.69) is 22.4 Å². The maximum absolute atomic E-state index is 5.74. The van der Waals surface area contributed by atoms with Crippen molar-refractivity contribution in [3.05, 3.63) is 41.7 Å². The lowest BCUT2D eigenvalue weighted by Crippen LogP contribution is -2.15. The first-order valence-corrected chi connectivity index (χ1v) is 6.46. The quantitative estimate of drug-likeness (QED) is 0.858. The van der Waals surface area contributed by atoms with Crippen LogP contribution in [0.1, 0.15) is 24.6 Å². The minimum atomic E-state index is 0.243. The van der Waals surface area contributed by atoms with Crippen LogP contribution in [-0.2, 0) is 20.1 Å². The molecule has 5 nitrogen and oxygen atoms in total. The van der Waals surface area contributed by atoms with Crippen LogP contribution in [0, 0.1) is 0 Å². The molecule has 0 spiro atoms. The maximum Gasteiger partial charge on any atom is 0.134 e. The molecule has 0 bridgehead atoms. The predicted molar refractivity (Wildman–Crippen MR) is 73.7 cm³/mol. The number of rotatable bonds is 6. The molecule has 0 saturated carbocycles. The Morgan fingerprint density at radius 1 is 1.32 bits per heavy atom. The number of aromatic nitrogens is 3. The molecule has 0 aliphatic rings. The Kier molecular flexibility index (Phi) is 4.52. The third-order valence-electron chi connectivity index (χ3n) is 2.85. The van der Waals surface area contributed by atoms with Gasteiger partial charge in [0.15, 0.2) is 0 Å². The molecule has 2 rings (SSSR count). The number of hydrogen-bond acceptors (Lipinski definition) is 4. The first kappa shape index (κ1) is 13.5. The molecule has 1 heterocycles. The zero-order valence-corrected chi connectivity index (χ0v) is 11.4. The first-order chi connectivity index (χ1) is 9.13. The smallest absolute Gasteiger partial charge is 0.134 e. The average molecular weight is 260 g/mol. The summed E-state index contributed by atoms with van der Waals surface area (Å²) in [5.74, 6) is 0.843. The van der Waals surface area contributed by atoms with Crippen LogP contribution >= 0.6 is 0 Å². The van der Waals surface area contributed by atoms with Crippen LogP contribution in [0.4, 0.5) is 0 Å². The van der Waals surface area contributed by atoms with E-state index in [1.807, 2.05) is 32.3 Å². The van der Waals surface area contributed by atoms with Crippen LogP contribution in [-0.4, -0.2) is 21.0 Å². The van der Waals surface area contributed by atoms with Gasteiger partial charge in [0.2, 0.25) is 0 Å². The number of aryl methyl sites for hydroxylation is 2. The third kappa shape index (κ3) is 4.37. The van der Waals surface area contributed by atoms with E-state index in [1.165, 1.54) is 5.56 Å². The van der Waals surface area contributed by atoms with Gasteiger partial charge in [-0.2, -0.15) is 0 Å². The summed E-state index contributed by atoms with van der Waals surface area (Å²) in [7, 11) is 1.84. The second-order valence-electron chi connectivity index (χ2n) is 4.83. The minimum Gasteiger partial charge on any atom is -0.487 e.